The average Bonchev–Trinajstić information content (AvgIpc) is 3.33. The second-order valence-corrected chi connectivity index (χ2v) is 8.75. The molecule has 9 heteroatoms. The predicted octanol–water partition coefficient (Wildman–Crippen LogP) is 2.13. The van der Waals surface area contributed by atoms with Gasteiger partial charge in [0.2, 0.25) is 0 Å². The van der Waals surface area contributed by atoms with Crippen LogP contribution < -0.4 is 24.9 Å². The van der Waals surface area contributed by atoms with Crippen molar-refractivity contribution in [1.29, 1.82) is 0 Å². The summed E-state index contributed by atoms with van der Waals surface area (Å²) in [5.74, 6) is -0.298. The van der Waals surface area contributed by atoms with Crippen molar-refractivity contribution < 1.29 is 19.1 Å². The number of allylic oxidation sites excluding steroid dienone is 1. The lowest BCUT2D eigenvalue weighted by Gasteiger charge is -2.25. The maximum Gasteiger partial charge on any atom is 0.338 e. The first kappa shape index (κ1) is 21.8. The molecule has 2 aromatic carbocycles. The largest absolute Gasteiger partial charge is 0.497 e. The minimum Gasteiger partial charge on any atom is -0.497 e. The van der Waals surface area contributed by atoms with Gasteiger partial charge in [-0.05, 0) is 37.6 Å². The maximum absolute atomic E-state index is 13.8. The molecule has 1 N–H and O–H groups in total. The fraction of sp³-hybridized carbons (Fsp3) is 0.200. The van der Waals surface area contributed by atoms with E-state index in [0.717, 1.165) is 11.3 Å². The smallest absolute Gasteiger partial charge is 0.338 e. The molecule has 8 nitrogen and oxygen atoms in total. The number of methoxy groups -OCH3 is 1. The minimum absolute atomic E-state index is 0.186. The molecule has 34 heavy (non-hydrogen) atoms. The van der Waals surface area contributed by atoms with E-state index in [9.17, 15) is 14.4 Å². The number of hydrogen-bond donors (Lipinski definition) is 1. The van der Waals surface area contributed by atoms with E-state index in [-0.39, 0.29) is 22.6 Å². The number of aromatic nitrogens is 1. The van der Waals surface area contributed by atoms with Crippen LogP contribution in [0.1, 0.15) is 31.0 Å². The van der Waals surface area contributed by atoms with Gasteiger partial charge in [-0.15, -0.1) is 0 Å². The van der Waals surface area contributed by atoms with Crippen LogP contribution in [-0.4, -0.2) is 30.2 Å². The van der Waals surface area contributed by atoms with Crippen molar-refractivity contribution >= 4 is 34.5 Å². The third kappa shape index (κ3) is 3.36. The number of nitrogens with zero attached hydrogens (tertiary/aromatic N) is 2. The first-order chi connectivity index (χ1) is 16.4. The fourth-order valence-corrected chi connectivity index (χ4v) is 5.45. The number of carbonyl (C=O) groups excluding carboxylic acids is 2. The normalized spacial score (nSPS) is 18.1. The van der Waals surface area contributed by atoms with Crippen molar-refractivity contribution in [2.45, 2.75) is 19.9 Å². The van der Waals surface area contributed by atoms with Gasteiger partial charge in [-0.2, -0.15) is 0 Å². The van der Waals surface area contributed by atoms with Gasteiger partial charge < -0.3 is 14.8 Å². The van der Waals surface area contributed by atoms with Crippen molar-refractivity contribution in [3.63, 3.8) is 0 Å². The number of thiazole rings is 1. The van der Waals surface area contributed by atoms with Crippen LogP contribution in [0.15, 0.2) is 69.6 Å². The van der Waals surface area contributed by atoms with E-state index in [2.05, 4.69) is 10.3 Å². The summed E-state index contributed by atoms with van der Waals surface area (Å²) in [7, 11) is 1.55. The number of amides is 1. The minimum atomic E-state index is -0.778. The number of nitrogens with one attached hydrogen (secondary N) is 1. The van der Waals surface area contributed by atoms with Crippen molar-refractivity contribution in [2.24, 2.45) is 4.99 Å². The Morgan fingerprint density at radius 3 is 2.74 bits per heavy atom. The zero-order valence-corrected chi connectivity index (χ0v) is 19.6. The second-order valence-electron chi connectivity index (χ2n) is 7.77. The molecule has 2 aliphatic rings. The zero-order valence-electron chi connectivity index (χ0n) is 18.7. The molecule has 5 rings (SSSR count). The number of ether oxygens (including phenoxy) is 2. The second kappa shape index (κ2) is 8.42. The molecule has 3 aromatic rings. The van der Waals surface area contributed by atoms with E-state index < -0.39 is 17.6 Å². The molecule has 172 valence electrons. The van der Waals surface area contributed by atoms with Crippen LogP contribution in [0.4, 0.5) is 5.69 Å². The summed E-state index contributed by atoms with van der Waals surface area (Å²) in [5.41, 5.74) is 2.63. The Bertz CT molecular complexity index is 1560. The number of hydrogen-bond acceptors (Lipinski definition) is 7. The topological polar surface area (TPSA) is 99.0 Å². The molecule has 0 aliphatic carbocycles. The summed E-state index contributed by atoms with van der Waals surface area (Å²) >= 11 is 1.13. The molecule has 0 radical (unpaired) electrons. The Morgan fingerprint density at radius 2 is 1.97 bits per heavy atom. The highest BCUT2D eigenvalue weighted by atomic mass is 32.1. The standard InChI is InChI=1S/C25H21N3O5S/c1-4-33-24(31)18-13(2)26-25-28(20(18)14-8-7-9-15(12-14)32-3)23(30)21(34-25)19-16-10-5-6-11-17(16)27-22(19)29/h5-12,20H,4H2,1-3H3,(H,27,29)/b21-19-. The number of carbonyl (C=O) groups is 2. The number of para-hydroxylation sites is 1. The maximum atomic E-state index is 13.8. The van der Waals surface area contributed by atoms with Crippen LogP contribution >= 0.6 is 11.3 Å². The molecule has 1 aromatic heterocycles. The fourth-order valence-electron chi connectivity index (χ4n) is 4.31. The lowest BCUT2D eigenvalue weighted by atomic mass is 9.95. The lowest BCUT2D eigenvalue weighted by Crippen LogP contribution is -2.40. The van der Waals surface area contributed by atoms with Gasteiger partial charge in [0, 0.05) is 11.3 Å². The highest BCUT2D eigenvalue weighted by Gasteiger charge is 2.35. The van der Waals surface area contributed by atoms with Crippen molar-refractivity contribution in [1.82, 2.24) is 4.57 Å². The molecule has 2 aliphatic heterocycles. The molecule has 3 heterocycles. The van der Waals surface area contributed by atoms with Gasteiger partial charge in [0.1, 0.15) is 10.3 Å². The highest BCUT2D eigenvalue weighted by Crippen LogP contribution is 2.33. The molecule has 1 atom stereocenters. The lowest BCUT2D eigenvalue weighted by molar-refractivity contribution is -0.139. The predicted molar refractivity (Wildman–Crippen MR) is 127 cm³/mol. The Balaban J connectivity index is 1.82. The Labute approximate surface area is 198 Å². The van der Waals surface area contributed by atoms with Gasteiger partial charge in [-0.1, -0.05) is 41.7 Å². The summed E-state index contributed by atoms with van der Waals surface area (Å²) < 4.78 is 12.4. The number of benzene rings is 2. The van der Waals surface area contributed by atoms with Crippen LogP contribution in [-0.2, 0) is 14.3 Å². The molecular formula is C25H21N3O5S. The third-order valence-corrected chi connectivity index (χ3v) is 6.85. The molecule has 0 bridgehead atoms. The molecule has 0 fully saturated rings. The van der Waals surface area contributed by atoms with Crippen molar-refractivity contribution in [3.8, 4) is 5.75 Å². The van der Waals surface area contributed by atoms with Gasteiger partial charge in [-0.25, -0.2) is 9.79 Å². The highest BCUT2D eigenvalue weighted by molar-refractivity contribution is 7.07. The Morgan fingerprint density at radius 1 is 1.18 bits per heavy atom. The van der Waals surface area contributed by atoms with Crippen LogP contribution in [0.5, 0.6) is 5.75 Å². The van der Waals surface area contributed by atoms with Gasteiger partial charge in [0.25, 0.3) is 11.5 Å². The van der Waals surface area contributed by atoms with Crippen LogP contribution in [0.25, 0.3) is 5.57 Å². The van der Waals surface area contributed by atoms with E-state index in [0.29, 0.717) is 38.6 Å². The van der Waals surface area contributed by atoms with Gasteiger partial charge in [-0.3, -0.25) is 14.2 Å². The molecule has 0 spiro atoms. The Kier molecular flexibility index (Phi) is 5.41. The monoisotopic (exact) mass is 475 g/mol. The van der Waals surface area contributed by atoms with Crippen LogP contribution in [0.2, 0.25) is 0 Å². The number of fused-ring (bicyclic) bond motifs is 2. The summed E-state index contributed by atoms with van der Waals surface area (Å²) in [4.78, 5) is 44.6. The van der Waals surface area contributed by atoms with Crippen molar-refractivity contribution in [3.05, 3.63) is 90.6 Å². The van der Waals surface area contributed by atoms with E-state index >= 15 is 0 Å². The number of esters is 1. The zero-order chi connectivity index (χ0) is 24.0. The van der Waals surface area contributed by atoms with E-state index in [1.54, 1.807) is 51.3 Å². The SMILES string of the molecule is CCOC(=O)C1=C(C)N=c2s/c(=C3\C(=O)Nc4ccccc43)c(=O)n2C1c1cccc(OC)c1. The van der Waals surface area contributed by atoms with Crippen LogP contribution in [0, 0.1) is 0 Å². The van der Waals surface area contributed by atoms with Gasteiger partial charge in [0.05, 0.1) is 36.6 Å². The first-order valence-electron chi connectivity index (χ1n) is 10.7. The number of anilines is 1. The van der Waals surface area contributed by atoms with Crippen molar-refractivity contribution in [2.75, 3.05) is 19.0 Å². The quantitative estimate of drug-likeness (QED) is 0.583. The summed E-state index contributed by atoms with van der Waals surface area (Å²) in [6, 6.07) is 13.6. The number of rotatable bonds is 4. The van der Waals surface area contributed by atoms with Crippen LogP contribution in [0.3, 0.4) is 0 Å². The van der Waals surface area contributed by atoms with E-state index in [4.69, 9.17) is 9.47 Å². The molecule has 1 amide bonds. The van der Waals surface area contributed by atoms with E-state index in [1.165, 1.54) is 4.57 Å². The summed E-state index contributed by atoms with van der Waals surface area (Å²) in [6.07, 6.45) is 0. The molecule has 0 saturated heterocycles. The molecule has 0 saturated carbocycles. The molecule has 1 unspecified atom stereocenters. The molecular weight excluding hydrogens is 454 g/mol. The Hall–Kier alpha value is -3.98. The third-order valence-electron chi connectivity index (χ3n) is 5.80. The van der Waals surface area contributed by atoms with E-state index in [1.807, 2.05) is 18.2 Å². The van der Waals surface area contributed by atoms with Gasteiger partial charge >= 0.3 is 5.97 Å². The summed E-state index contributed by atoms with van der Waals surface area (Å²) in [6.45, 7) is 3.63. The van der Waals surface area contributed by atoms with Gasteiger partial charge in [0.15, 0.2) is 4.80 Å². The summed E-state index contributed by atoms with van der Waals surface area (Å²) in [5, 5.41) is 2.81. The average molecular weight is 476 g/mol. The first-order valence-corrected chi connectivity index (χ1v) is 11.5.